The Hall–Kier alpha value is -1.88. The maximum atomic E-state index is 12.0. The van der Waals surface area contributed by atoms with Crippen LogP contribution >= 0.6 is 10.7 Å². The minimum Gasteiger partial charge on any atom is -0.405 e. The Morgan fingerprint density at radius 2 is 1.90 bits per heavy atom. The van der Waals surface area contributed by atoms with Gasteiger partial charge >= 0.3 is 6.36 Å². The second kappa shape index (κ2) is 5.25. The number of aldehydes is 1. The van der Waals surface area contributed by atoms with Crippen LogP contribution in [0.1, 0.15) is 10.4 Å². The number of nitrogens with zero attached hydrogens (tertiary/aromatic N) is 1. The van der Waals surface area contributed by atoms with Gasteiger partial charge < -0.3 is 4.74 Å². The molecule has 0 aliphatic rings. The zero-order valence-electron chi connectivity index (χ0n) is 9.05. The Morgan fingerprint density at radius 1 is 1.35 bits per heavy atom. The highest BCUT2D eigenvalue weighted by molar-refractivity contribution is 8.13. The molecule has 0 aliphatic carbocycles. The molecule has 0 spiro atoms. The van der Waals surface area contributed by atoms with Gasteiger partial charge in [0.15, 0.2) is 6.29 Å². The molecule has 1 rings (SSSR count). The highest BCUT2D eigenvalue weighted by Crippen LogP contribution is 2.34. The lowest BCUT2D eigenvalue weighted by Crippen LogP contribution is -2.18. The van der Waals surface area contributed by atoms with Crippen LogP contribution in [0, 0.1) is 10.1 Å². The second-order valence-electron chi connectivity index (χ2n) is 3.21. The van der Waals surface area contributed by atoms with Gasteiger partial charge in [0.1, 0.15) is 16.2 Å². The van der Waals surface area contributed by atoms with Crippen molar-refractivity contribution in [1.82, 2.24) is 0 Å². The molecule has 1 aromatic carbocycles. The quantitative estimate of drug-likeness (QED) is 0.362. The Balaban J connectivity index is 3.65. The van der Waals surface area contributed by atoms with E-state index in [0.29, 0.717) is 0 Å². The van der Waals surface area contributed by atoms with Crippen molar-refractivity contribution in [3.05, 3.63) is 27.8 Å². The van der Waals surface area contributed by atoms with Crippen molar-refractivity contribution in [3.8, 4) is 5.75 Å². The number of benzene rings is 1. The summed E-state index contributed by atoms with van der Waals surface area (Å²) in [4.78, 5) is 19.0. The fraction of sp³-hybridized carbons (Fsp3) is 0.125. The SMILES string of the molecule is O=Cc1c([N+](=O)[O-])cc(OC(F)(F)F)cc1S(=O)(=O)Cl. The van der Waals surface area contributed by atoms with Gasteiger partial charge in [-0.05, 0) is 0 Å². The molecule has 0 aliphatic heterocycles. The van der Waals surface area contributed by atoms with Crippen LogP contribution in [0.15, 0.2) is 17.0 Å². The average molecular weight is 334 g/mol. The van der Waals surface area contributed by atoms with Crippen LogP contribution in [0.4, 0.5) is 18.9 Å². The first-order chi connectivity index (χ1) is 8.95. The van der Waals surface area contributed by atoms with Gasteiger partial charge in [-0.3, -0.25) is 14.9 Å². The minimum atomic E-state index is -5.20. The monoisotopic (exact) mass is 333 g/mol. The fourth-order valence-corrected chi connectivity index (χ4v) is 2.31. The van der Waals surface area contributed by atoms with E-state index in [1.54, 1.807) is 0 Å². The number of hydrogen-bond donors (Lipinski definition) is 0. The van der Waals surface area contributed by atoms with Crippen LogP contribution in [-0.4, -0.2) is 26.0 Å². The van der Waals surface area contributed by atoms with Crippen LogP contribution in [0.5, 0.6) is 5.75 Å². The molecule has 0 heterocycles. The lowest BCUT2D eigenvalue weighted by molar-refractivity contribution is -0.385. The number of nitro groups is 1. The molecule has 0 radical (unpaired) electrons. The standard InChI is InChI=1S/C8H3ClF3NO6S/c9-20(17,18)7-2-4(19-8(10,11)12)1-6(13(15)16)5(7)3-14/h1-3H. The van der Waals surface area contributed by atoms with Crippen LogP contribution in [0.25, 0.3) is 0 Å². The number of carbonyl (C=O) groups excluding carboxylic acids is 1. The predicted octanol–water partition coefficient (Wildman–Crippen LogP) is 2.23. The number of hydrogen-bond acceptors (Lipinski definition) is 6. The first-order valence-electron chi connectivity index (χ1n) is 4.43. The van der Waals surface area contributed by atoms with Crippen molar-refractivity contribution in [2.75, 3.05) is 0 Å². The van der Waals surface area contributed by atoms with E-state index in [1.807, 2.05) is 0 Å². The summed E-state index contributed by atoms with van der Waals surface area (Å²) >= 11 is 0. The number of alkyl halides is 3. The average Bonchev–Trinajstić information content (AvgIpc) is 2.24. The molecule has 0 unspecified atom stereocenters. The van der Waals surface area contributed by atoms with Crippen molar-refractivity contribution in [2.45, 2.75) is 11.3 Å². The van der Waals surface area contributed by atoms with Gasteiger partial charge in [0.05, 0.1) is 11.0 Å². The van der Waals surface area contributed by atoms with E-state index in [9.17, 15) is 36.5 Å². The Bertz CT molecular complexity index is 672. The topological polar surface area (TPSA) is 104 Å². The predicted molar refractivity (Wildman–Crippen MR) is 58.2 cm³/mol. The number of rotatable bonds is 4. The third-order valence-corrected chi connectivity index (χ3v) is 3.27. The summed E-state index contributed by atoms with van der Waals surface area (Å²) in [5.74, 6) is -1.19. The van der Waals surface area contributed by atoms with Crippen molar-refractivity contribution < 1.29 is 36.0 Å². The Kier molecular flexibility index (Phi) is 4.24. The fourth-order valence-electron chi connectivity index (χ4n) is 1.25. The molecule has 0 bridgehead atoms. The van der Waals surface area contributed by atoms with E-state index in [4.69, 9.17) is 10.7 Å². The summed E-state index contributed by atoms with van der Waals surface area (Å²) in [5.41, 5.74) is -2.15. The highest BCUT2D eigenvalue weighted by Gasteiger charge is 2.34. The van der Waals surface area contributed by atoms with E-state index in [0.717, 1.165) is 0 Å². The Morgan fingerprint density at radius 3 is 2.25 bits per heavy atom. The normalized spacial score (nSPS) is 12.0. The lowest BCUT2D eigenvalue weighted by Gasteiger charge is -2.10. The van der Waals surface area contributed by atoms with Gasteiger partial charge in [-0.1, -0.05) is 0 Å². The molecule has 7 nitrogen and oxygen atoms in total. The first kappa shape index (κ1) is 16.2. The van der Waals surface area contributed by atoms with Crippen LogP contribution in [0.3, 0.4) is 0 Å². The van der Waals surface area contributed by atoms with E-state index >= 15 is 0 Å². The lowest BCUT2D eigenvalue weighted by atomic mass is 10.2. The van der Waals surface area contributed by atoms with E-state index < -0.39 is 42.2 Å². The zero-order chi connectivity index (χ0) is 15.7. The largest absolute Gasteiger partial charge is 0.573 e. The molecule has 0 aromatic heterocycles. The summed E-state index contributed by atoms with van der Waals surface area (Å²) in [6, 6.07) is 0.537. The van der Waals surface area contributed by atoms with E-state index in [-0.39, 0.29) is 18.4 Å². The maximum Gasteiger partial charge on any atom is 0.573 e. The molecule has 0 saturated carbocycles. The summed E-state index contributed by atoms with van der Waals surface area (Å²) in [5, 5.41) is 10.6. The van der Waals surface area contributed by atoms with Crippen molar-refractivity contribution in [2.24, 2.45) is 0 Å². The van der Waals surface area contributed by atoms with Crippen LogP contribution in [0.2, 0.25) is 0 Å². The van der Waals surface area contributed by atoms with Gasteiger partial charge in [0.2, 0.25) is 0 Å². The minimum absolute atomic E-state index is 0.204. The smallest absolute Gasteiger partial charge is 0.405 e. The summed E-state index contributed by atoms with van der Waals surface area (Å²) in [6.45, 7) is 0. The molecule has 0 N–H and O–H groups in total. The molecule has 20 heavy (non-hydrogen) atoms. The number of halogens is 4. The maximum absolute atomic E-state index is 12.0. The van der Waals surface area contributed by atoms with Gasteiger partial charge in [-0.2, -0.15) is 0 Å². The number of carbonyl (C=O) groups is 1. The third kappa shape index (κ3) is 3.81. The first-order valence-corrected chi connectivity index (χ1v) is 6.74. The van der Waals surface area contributed by atoms with Gasteiger partial charge in [0, 0.05) is 16.7 Å². The third-order valence-electron chi connectivity index (χ3n) is 1.90. The second-order valence-corrected chi connectivity index (χ2v) is 5.75. The van der Waals surface area contributed by atoms with Crippen molar-refractivity contribution >= 4 is 31.7 Å². The number of nitro benzene ring substituents is 1. The molecule has 0 saturated heterocycles. The zero-order valence-corrected chi connectivity index (χ0v) is 10.6. The van der Waals surface area contributed by atoms with Crippen molar-refractivity contribution in [3.63, 3.8) is 0 Å². The summed E-state index contributed by atoms with van der Waals surface area (Å²) in [6.07, 6.45) is -5.41. The molecule has 0 amide bonds. The Labute approximate surface area is 113 Å². The summed E-state index contributed by atoms with van der Waals surface area (Å²) in [7, 11) is 0.226. The van der Waals surface area contributed by atoms with Gasteiger partial charge in [-0.15, -0.1) is 13.2 Å². The molecular formula is C8H3ClF3NO6S. The van der Waals surface area contributed by atoms with Gasteiger partial charge in [0.25, 0.3) is 14.7 Å². The van der Waals surface area contributed by atoms with Crippen LogP contribution < -0.4 is 4.74 Å². The van der Waals surface area contributed by atoms with Gasteiger partial charge in [-0.25, -0.2) is 8.42 Å². The molecular weight excluding hydrogens is 331 g/mol. The highest BCUT2D eigenvalue weighted by atomic mass is 35.7. The number of ether oxygens (including phenoxy) is 1. The summed E-state index contributed by atoms with van der Waals surface area (Å²) < 4.78 is 61.8. The molecule has 0 atom stereocenters. The van der Waals surface area contributed by atoms with E-state index in [1.165, 1.54) is 0 Å². The van der Waals surface area contributed by atoms with E-state index in [2.05, 4.69) is 4.74 Å². The molecule has 12 heteroatoms. The molecule has 110 valence electrons. The van der Waals surface area contributed by atoms with Crippen LogP contribution in [-0.2, 0) is 9.05 Å². The molecule has 1 aromatic rings. The molecule has 0 fully saturated rings. The van der Waals surface area contributed by atoms with Crippen molar-refractivity contribution in [1.29, 1.82) is 0 Å².